The van der Waals surface area contributed by atoms with Crippen molar-refractivity contribution >= 4 is 43.3 Å². The lowest BCUT2D eigenvalue weighted by atomic mass is 10.0. The molecule has 0 spiro atoms. The Labute approximate surface area is 220 Å². The maximum atomic E-state index is 12.9. The highest BCUT2D eigenvalue weighted by Crippen LogP contribution is 2.25. The zero-order valence-corrected chi connectivity index (χ0v) is 22.5. The van der Waals surface area contributed by atoms with Gasteiger partial charge in [-0.25, -0.2) is 8.42 Å². The number of likely N-dealkylation sites (N-methyl/N-ethyl adjacent to an activating group) is 1. The van der Waals surface area contributed by atoms with E-state index in [9.17, 15) is 28.4 Å². The van der Waals surface area contributed by atoms with E-state index >= 15 is 0 Å². The SMILES string of the molecule is CC(C)C[C@H](NC(=O)c1cc2ccccc2s1)C(=O)NC[C@H](O)CN(C)S(=O)(=O)c1ccccc1C#N. The Morgan fingerprint density at radius 1 is 1.14 bits per heavy atom. The average molecular weight is 543 g/mol. The highest BCUT2D eigenvalue weighted by atomic mass is 32.2. The van der Waals surface area contributed by atoms with Gasteiger partial charge >= 0.3 is 0 Å². The molecule has 0 radical (unpaired) electrons. The molecule has 0 aliphatic rings. The quantitative estimate of drug-likeness (QED) is 0.340. The Morgan fingerprint density at radius 2 is 1.81 bits per heavy atom. The summed E-state index contributed by atoms with van der Waals surface area (Å²) in [5.74, 6) is -0.716. The minimum absolute atomic E-state index is 0.00282. The molecule has 2 amide bonds. The molecule has 9 nitrogen and oxygen atoms in total. The predicted molar refractivity (Wildman–Crippen MR) is 143 cm³/mol. The number of fused-ring (bicyclic) bond motifs is 1. The van der Waals surface area contributed by atoms with E-state index in [2.05, 4.69) is 10.6 Å². The second-order valence-electron chi connectivity index (χ2n) is 9.10. The molecule has 11 heteroatoms. The molecule has 2 aromatic carbocycles. The van der Waals surface area contributed by atoms with E-state index in [0.717, 1.165) is 14.4 Å². The third-order valence-corrected chi connectivity index (χ3v) is 8.65. The average Bonchev–Trinajstić information content (AvgIpc) is 3.31. The van der Waals surface area contributed by atoms with Gasteiger partial charge in [-0.1, -0.05) is 44.2 Å². The van der Waals surface area contributed by atoms with Gasteiger partial charge in [-0.15, -0.1) is 11.3 Å². The number of aliphatic hydroxyl groups excluding tert-OH is 1. The lowest BCUT2D eigenvalue weighted by Crippen LogP contribution is -2.50. The third kappa shape index (κ3) is 7.14. The van der Waals surface area contributed by atoms with Crippen LogP contribution in [0.2, 0.25) is 0 Å². The number of aliphatic hydroxyl groups is 1. The number of thiophene rings is 1. The number of hydrogen-bond donors (Lipinski definition) is 3. The summed E-state index contributed by atoms with van der Waals surface area (Å²) < 4.78 is 27.6. The molecule has 37 heavy (non-hydrogen) atoms. The molecule has 3 aromatic rings. The summed E-state index contributed by atoms with van der Waals surface area (Å²) >= 11 is 1.34. The molecule has 0 aliphatic heterocycles. The Balaban J connectivity index is 1.61. The Hall–Kier alpha value is -3.30. The number of benzene rings is 2. The second kappa shape index (κ2) is 12.3. The number of carbonyl (C=O) groups excluding carboxylic acids is 2. The van der Waals surface area contributed by atoms with Crippen molar-refractivity contribution in [1.82, 2.24) is 14.9 Å². The molecule has 196 valence electrons. The van der Waals surface area contributed by atoms with Crippen LogP contribution in [0.15, 0.2) is 59.5 Å². The van der Waals surface area contributed by atoms with E-state index in [1.54, 1.807) is 12.1 Å². The maximum Gasteiger partial charge on any atom is 0.262 e. The van der Waals surface area contributed by atoms with Crippen molar-refractivity contribution in [2.24, 2.45) is 5.92 Å². The molecular formula is C26H30N4O5S2. The number of rotatable bonds is 11. The number of hydrogen-bond acceptors (Lipinski definition) is 7. The molecular weight excluding hydrogens is 512 g/mol. The van der Waals surface area contributed by atoms with Crippen LogP contribution < -0.4 is 10.6 Å². The number of nitrogens with zero attached hydrogens (tertiary/aromatic N) is 2. The van der Waals surface area contributed by atoms with Crippen molar-refractivity contribution < 1.29 is 23.1 Å². The maximum absolute atomic E-state index is 12.9. The molecule has 3 rings (SSSR count). The van der Waals surface area contributed by atoms with E-state index in [1.807, 2.05) is 44.2 Å². The van der Waals surface area contributed by atoms with Crippen LogP contribution in [0.4, 0.5) is 0 Å². The van der Waals surface area contributed by atoms with Crippen LogP contribution in [0.5, 0.6) is 0 Å². The smallest absolute Gasteiger partial charge is 0.262 e. The standard InChI is InChI=1S/C26H30N4O5S2/c1-17(2)12-21(29-26(33)23-13-18-8-4-6-10-22(18)36-23)25(32)28-15-20(31)16-30(3)37(34,35)24-11-7-5-9-19(24)14-27/h4-11,13,17,20-21,31H,12,15-16H2,1-3H3,(H,28,32)(H,29,33)/t20-,21-/m0/s1. The van der Waals surface area contributed by atoms with Gasteiger partial charge in [0.15, 0.2) is 0 Å². The first kappa shape index (κ1) is 28.3. The van der Waals surface area contributed by atoms with Crippen molar-refractivity contribution in [3.63, 3.8) is 0 Å². The van der Waals surface area contributed by atoms with Gasteiger partial charge in [0.05, 0.1) is 21.4 Å². The molecule has 1 aromatic heterocycles. The Bertz CT molecular complexity index is 1380. The van der Waals surface area contributed by atoms with Gasteiger partial charge in [0.1, 0.15) is 12.1 Å². The van der Waals surface area contributed by atoms with Crippen molar-refractivity contribution in [1.29, 1.82) is 5.26 Å². The number of sulfonamides is 1. The highest BCUT2D eigenvalue weighted by Gasteiger charge is 2.27. The van der Waals surface area contributed by atoms with Crippen LogP contribution in [0.3, 0.4) is 0 Å². The van der Waals surface area contributed by atoms with Crippen molar-refractivity contribution in [3.05, 3.63) is 65.0 Å². The van der Waals surface area contributed by atoms with Gasteiger partial charge in [0.2, 0.25) is 15.9 Å². The van der Waals surface area contributed by atoms with Crippen molar-refractivity contribution in [3.8, 4) is 6.07 Å². The number of nitrogens with one attached hydrogen (secondary N) is 2. The minimum Gasteiger partial charge on any atom is -0.390 e. The molecule has 1 heterocycles. The molecule has 3 N–H and O–H groups in total. The summed E-state index contributed by atoms with van der Waals surface area (Å²) in [5.41, 5.74) is 0.00282. The van der Waals surface area contributed by atoms with E-state index in [4.69, 9.17) is 0 Å². The zero-order valence-electron chi connectivity index (χ0n) is 20.8. The first-order chi connectivity index (χ1) is 17.5. The van der Waals surface area contributed by atoms with Crippen LogP contribution >= 0.6 is 11.3 Å². The zero-order chi connectivity index (χ0) is 27.2. The fourth-order valence-corrected chi connectivity index (χ4v) is 6.09. The number of nitriles is 1. The van der Waals surface area contributed by atoms with Gasteiger partial charge in [-0.3, -0.25) is 9.59 Å². The normalized spacial score (nSPS) is 13.3. The van der Waals surface area contributed by atoms with Crippen LogP contribution in [0, 0.1) is 17.2 Å². The molecule has 0 unspecified atom stereocenters. The number of carbonyl (C=O) groups is 2. The summed E-state index contributed by atoms with van der Waals surface area (Å²) in [5, 5.41) is 26.0. The summed E-state index contributed by atoms with van der Waals surface area (Å²) in [7, 11) is -2.73. The number of amides is 2. The first-order valence-corrected chi connectivity index (χ1v) is 14.0. The fourth-order valence-electron chi connectivity index (χ4n) is 3.78. The van der Waals surface area contributed by atoms with Crippen LogP contribution in [0.1, 0.15) is 35.5 Å². The van der Waals surface area contributed by atoms with E-state index in [0.29, 0.717) is 11.3 Å². The van der Waals surface area contributed by atoms with E-state index in [1.165, 1.54) is 36.6 Å². The Kier molecular flexibility index (Phi) is 9.39. The molecule has 0 bridgehead atoms. The predicted octanol–water partition coefficient (Wildman–Crippen LogP) is 2.72. The summed E-state index contributed by atoms with van der Waals surface area (Å²) in [6, 6.07) is 16.2. The molecule has 0 aliphatic carbocycles. The molecule has 0 saturated heterocycles. The van der Waals surface area contributed by atoms with Crippen LogP contribution in [0.25, 0.3) is 10.1 Å². The molecule has 0 fully saturated rings. The summed E-state index contributed by atoms with van der Waals surface area (Å²) in [6.45, 7) is 3.34. The van der Waals surface area contributed by atoms with E-state index < -0.39 is 28.1 Å². The first-order valence-electron chi connectivity index (χ1n) is 11.7. The monoisotopic (exact) mass is 542 g/mol. The highest BCUT2D eigenvalue weighted by molar-refractivity contribution is 7.89. The van der Waals surface area contributed by atoms with Crippen LogP contribution in [-0.2, 0) is 14.8 Å². The largest absolute Gasteiger partial charge is 0.390 e. The van der Waals surface area contributed by atoms with Crippen LogP contribution in [-0.4, -0.2) is 61.9 Å². The Morgan fingerprint density at radius 3 is 2.49 bits per heavy atom. The lowest BCUT2D eigenvalue weighted by molar-refractivity contribution is -0.123. The van der Waals surface area contributed by atoms with Gasteiger partial charge in [0.25, 0.3) is 5.91 Å². The van der Waals surface area contributed by atoms with E-state index in [-0.39, 0.29) is 35.4 Å². The topological polar surface area (TPSA) is 140 Å². The van der Waals surface area contributed by atoms with Gasteiger partial charge in [-0.05, 0) is 42.0 Å². The fraction of sp³-hybridized carbons (Fsp3) is 0.346. The second-order valence-corrected chi connectivity index (χ2v) is 12.2. The lowest BCUT2D eigenvalue weighted by Gasteiger charge is -2.23. The summed E-state index contributed by atoms with van der Waals surface area (Å²) in [6.07, 6.45) is -0.825. The summed E-state index contributed by atoms with van der Waals surface area (Å²) in [4.78, 5) is 26.1. The van der Waals surface area contributed by atoms with Gasteiger partial charge in [0, 0.05) is 24.8 Å². The molecule has 0 saturated carbocycles. The minimum atomic E-state index is -4.02. The van der Waals surface area contributed by atoms with Gasteiger partial charge < -0.3 is 15.7 Å². The van der Waals surface area contributed by atoms with Crippen molar-refractivity contribution in [2.45, 2.75) is 37.3 Å². The van der Waals surface area contributed by atoms with Gasteiger partial charge in [-0.2, -0.15) is 9.57 Å². The third-order valence-electron chi connectivity index (χ3n) is 5.65. The molecule has 2 atom stereocenters. The van der Waals surface area contributed by atoms with Crippen molar-refractivity contribution in [2.75, 3.05) is 20.1 Å².